The Morgan fingerprint density at radius 3 is 2.62 bits per heavy atom. The van der Waals surface area contributed by atoms with Gasteiger partial charge in [0.15, 0.2) is 5.70 Å². The van der Waals surface area contributed by atoms with Gasteiger partial charge in [0.1, 0.15) is 5.75 Å². The highest BCUT2D eigenvalue weighted by atomic mass is 16.6. The van der Waals surface area contributed by atoms with E-state index in [-0.39, 0.29) is 17.3 Å². The molecule has 0 unspecified atom stereocenters. The first-order valence-corrected chi connectivity index (χ1v) is 10.0. The summed E-state index contributed by atoms with van der Waals surface area (Å²) >= 11 is 0. The van der Waals surface area contributed by atoms with Gasteiger partial charge >= 0.3 is 5.97 Å². The molecule has 7 heteroatoms. The second-order valence-electron chi connectivity index (χ2n) is 7.25. The van der Waals surface area contributed by atoms with E-state index in [2.05, 4.69) is 17.1 Å². The first-order valence-electron chi connectivity index (χ1n) is 10.0. The lowest BCUT2D eigenvalue weighted by atomic mass is 10.1. The van der Waals surface area contributed by atoms with Crippen molar-refractivity contribution in [3.05, 3.63) is 111 Å². The Morgan fingerprint density at radius 1 is 1.06 bits per heavy atom. The molecule has 0 spiro atoms. The molecule has 32 heavy (non-hydrogen) atoms. The van der Waals surface area contributed by atoms with Gasteiger partial charge in [-0.15, -0.1) is 0 Å². The van der Waals surface area contributed by atoms with Gasteiger partial charge in [-0.3, -0.25) is 10.1 Å². The third kappa shape index (κ3) is 4.89. The van der Waals surface area contributed by atoms with Crippen molar-refractivity contribution < 1.29 is 19.2 Å². The van der Waals surface area contributed by atoms with E-state index < -0.39 is 10.9 Å². The molecule has 7 nitrogen and oxygen atoms in total. The second kappa shape index (κ2) is 9.26. The topological polar surface area (TPSA) is 91.0 Å². The fraction of sp³-hybridized carbons (Fsp3) is 0.120. The summed E-state index contributed by atoms with van der Waals surface area (Å²) in [7, 11) is 0. The Morgan fingerprint density at radius 2 is 1.88 bits per heavy atom. The standard InChI is InChI=1S/C25H20N2O5/c1-17-14-20(10-11-23(17)27(29)30)24-26-22(25(28)32-24)16-19-8-5-9-21(15-19)31-13-12-18-6-3-2-4-7-18/h2-11,14-16H,12-13H2,1H3/b22-16-. The molecular formula is C25H20N2O5. The lowest BCUT2D eigenvalue weighted by molar-refractivity contribution is -0.385. The van der Waals surface area contributed by atoms with Crippen LogP contribution in [0.15, 0.2) is 83.5 Å². The number of esters is 1. The average Bonchev–Trinajstić information content (AvgIpc) is 3.14. The zero-order chi connectivity index (χ0) is 22.5. The fourth-order valence-electron chi connectivity index (χ4n) is 3.31. The Hall–Kier alpha value is -4.26. The Balaban J connectivity index is 1.48. The predicted octanol–water partition coefficient (Wildman–Crippen LogP) is 4.87. The van der Waals surface area contributed by atoms with Crippen molar-refractivity contribution in [2.45, 2.75) is 13.3 Å². The molecule has 0 N–H and O–H groups in total. The third-order valence-electron chi connectivity index (χ3n) is 4.92. The van der Waals surface area contributed by atoms with Crippen LogP contribution in [0.5, 0.6) is 5.75 Å². The zero-order valence-corrected chi connectivity index (χ0v) is 17.4. The first-order chi connectivity index (χ1) is 15.5. The van der Waals surface area contributed by atoms with Crippen molar-refractivity contribution in [3.8, 4) is 5.75 Å². The molecule has 3 aromatic rings. The number of aryl methyl sites for hydroxylation is 1. The Labute approximate surface area is 184 Å². The van der Waals surface area contributed by atoms with Crippen LogP contribution in [-0.4, -0.2) is 23.4 Å². The van der Waals surface area contributed by atoms with Gasteiger partial charge in [0.25, 0.3) is 5.69 Å². The monoisotopic (exact) mass is 428 g/mol. The molecule has 0 atom stereocenters. The molecule has 1 aliphatic rings. The van der Waals surface area contributed by atoms with E-state index in [9.17, 15) is 14.9 Å². The molecule has 0 fully saturated rings. The van der Waals surface area contributed by atoms with Gasteiger partial charge in [-0.2, -0.15) is 0 Å². The molecule has 160 valence electrons. The second-order valence-corrected chi connectivity index (χ2v) is 7.25. The lowest BCUT2D eigenvalue weighted by Gasteiger charge is -2.07. The minimum atomic E-state index is -0.577. The highest BCUT2D eigenvalue weighted by Gasteiger charge is 2.25. The van der Waals surface area contributed by atoms with Crippen LogP contribution in [0.3, 0.4) is 0 Å². The van der Waals surface area contributed by atoms with Crippen molar-refractivity contribution in [2.24, 2.45) is 4.99 Å². The van der Waals surface area contributed by atoms with Gasteiger partial charge in [-0.25, -0.2) is 9.79 Å². The molecule has 3 aromatic carbocycles. The lowest BCUT2D eigenvalue weighted by Crippen LogP contribution is -2.06. The predicted molar refractivity (Wildman–Crippen MR) is 121 cm³/mol. The van der Waals surface area contributed by atoms with Crippen LogP contribution in [0.25, 0.3) is 6.08 Å². The largest absolute Gasteiger partial charge is 0.493 e. The molecule has 1 aliphatic heterocycles. The number of hydrogen-bond donors (Lipinski definition) is 0. The summed E-state index contributed by atoms with van der Waals surface area (Å²) in [5.74, 6) is 0.234. The molecule has 0 aromatic heterocycles. The van der Waals surface area contributed by atoms with E-state index >= 15 is 0 Å². The van der Waals surface area contributed by atoms with Crippen LogP contribution in [0.2, 0.25) is 0 Å². The van der Waals surface area contributed by atoms with Crippen LogP contribution in [0.4, 0.5) is 5.69 Å². The number of carbonyl (C=O) groups excluding carboxylic acids is 1. The minimum absolute atomic E-state index is 0.00137. The highest BCUT2D eigenvalue weighted by molar-refractivity contribution is 6.13. The van der Waals surface area contributed by atoms with Gasteiger partial charge in [-0.1, -0.05) is 42.5 Å². The summed E-state index contributed by atoms with van der Waals surface area (Å²) in [6, 6.07) is 21.9. The molecule has 4 rings (SSSR count). The summed E-state index contributed by atoms with van der Waals surface area (Å²) < 4.78 is 11.1. The summed E-state index contributed by atoms with van der Waals surface area (Å²) in [5, 5.41) is 11.0. The number of rotatable bonds is 7. The number of nitrogens with zero attached hydrogens (tertiary/aromatic N) is 2. The molecule has 0 aliphatic carbocycles. The number of nitro benzene ring substituents is 1. The summed E-state index contributed by atoms with van der Waals surface area (Å²) in [6.45, 7) is 2.16. The van der Waals surface area contributed by atoms with Crippen LogP contribution in [-0.2, 0) is 16.0 Å². The number of hydrogen-bond acceptors (Lipinski definition) is 6. The third-order valence-corrected chi connectivity index (χ3v) is 4.92. The molecule has 0 amide bonds. The van der Waals surface area contributed by atoms with Crippen molar-refractivity contribution >= 4 is 23.6 Å². The number of nitro groups is 1. The van der Waals surface area contributed by atoms with E-state index in [0.29, 0.717) is 23.5 Å². The highest BCUT2D eigenvalue weighted by Crippen LogP contribution is 2.24. The number of aliphatic imine (C=N–C) groups is 1. The zero-order valence-electron chi connectivity index (χ0n) is 17.4. The average molecular weight is 428 g/mol. The van der Waals surface area contributed by atoms with Crippen LogP contribution in [0, 0.1) is 17.0 Å². The number of benzene rings is 3. The van der Waals surface area contributed by atoms with Crippen LogP contribution >= 0.6 is 0 Å². The van der Waals surface area contributed by atoms with E-state index in [4.69, 9.17) is 9.47 Å². The Bertz CT molecular complexity index is 1230. The Kier molecular flexibility index (Phi) is 6.07. The fourth-order valence-corrected chi connectivity index (χ4v) is 3.31. The summed E-state index contributed by atoms with van der Waals surface area (Å²) in [4.78, 5) is 27.1. The SMILES string of the molecule is Cc1cc(C2=N/C(=C\c3cccc(OCCc4ccccc4)c3)C(=O)O2)ccc1[N+](=O)[O-]. The molecular weight excluding hydrogens is 408 g/mol. The van der Waals surface area contributed by atoms with Crippen molar-refractivity contribution in [3.63, 3.8) is 0 Å². The molecule has 0 radical (unpaired) electrons. The van der Waals surface area contributed by atoms with Gasteiger partial charge in [-0.05, 0) is 48.4 Å². The van der Waals surface area contributed by atoms with Gasteiger partial charge in [0, 0.05) is 23.6 Å². The van der Waals surface area contributed by atoms with Crippen molar-refractivity contribution in [2.75, 3.05) is 6.61 Å². The molecule has 1 heterocycles. The van der Waals surface area contributed by atoms with E-state index in [0.717, 1.165) is 12.0 Å². The number of carbonyl (C=O) groups is 1. The van der Waals surface area contributed by atoms with E-state index in [1.54, 1.807) is 19.1 Å². The summed E-state index contributed by atoms with van der Waals surface area (Å²) in [6.07, 6.45) is 2.42. The van der Waals surface area contributed by atoms with Crippen molar-refractivity contribution in [1.82, 2.24) is 0 Å². The molecule has 0 saturated heterocycles. The minimum Gasteiger partial charge on any atom is -0.493 e. The molecule has 0 bridgehead atoms. The van der Waals surface area contributed by atoms with Gasteiger partial charge in [0.05, 0.1) is 11.5 Å². The van der Waals surface area contributed by atoms with Gasteiger partial charge < -0.3 is 9.47 Å². The maximum absolute atomic E-state index is 12.3. The quantitative estimate of drug-likeness (QED) is 0.232. The number of cyclic esters (lactones) is 1. The van der Waals surface area contributed by atoms with E-state index in [1.165, 1.54) is 17.7 Å². The molecule has 0 saturated carbocycles. The van der Waals surface area contributed by atoms with Crippen LogP contribution in [0.1, 0.15) is 22.3 Å². The maximum atomic E-state index is 12.3. The van der Waals surface area contributed by atoms with Gasteiger partial charge in [0.2, 0.25) is 5.90 Å². The normalized spacial score (nSPS) is 14.2. The first kappa shape index (κ1) is 21.0. The van der Waals surface area contributed by atoms with Crippen molar-refractivity contribution in [1.29, 1.82) is 0 Å². The maximum Gasteiger partial charge on any atom is 0.363 e. The number of ether oxygens (including phenoxy) is 2. The smallest absolute Gasteiger partial charge is 0.363 e. The van der Waals surface area contributed by atoms with Crippen LogP contribution < -0.4 is 4.74 Å². The van der Waals surface area contributed by atoms with E-state index in [1.807, 2.05) is 42.5 Å². The summed E-state index contributed by atoms with van der Waals surface area (Å²) in [5.41, 5.74) is 3.06.